The molecule has 0 saturated heterocycles. The lowest BCUT2D eigenvalue weighted by atomic mass is 9.76. The lowest BCUT2D eigenvalue weighted by Crippen LogP contribution is -2.46. The number of benzene rings is 3. The Labute approximate surface area is 434 Å². The van der Waals surface area contributed by atoms with E-state index in [2.05, 4.69) is 0 Å². The molecule has 6 amide bonds. The van der Waals surface area contributed by atoms with E-state index in [0.717, 1.165) is 96.2 Å². The Morgan fingerprint density at radius 2 is 0.959 bits per heavy atom. The predicted molar refractivity (Wildman–Crippen MR) is 273 cm³/mol. The maximum atomic E-state index is 14.2. The van der Waals surface area contributed by atoms with Crippen molar-refractivity contribution in [3.63, 3.8) is 0 Å². The highest BCUT2D eigenvalue weighted by atomic mass is 32.1. The highest BCUT2D eigenvalue weighted by molar-refractivity contribution is 7.17. The number of nitriles is 2. The van der Waals surface area contributed by atoms with Gasteiger partial charge in [0, 0.05) is 52.9 Å². The summed E-state index contributed by atoms with van der Waals surface area (Å²) < 4.78 is 25.3. The SMILES string of the molecule is CC1=C(C#N)C(=O)N(C(=O)OCc2ccccc2)C(=O)/C1=C/c1cc2c(s1)-c1cc3c(cc1OC21CCCCC1)-c1sc(/C=C2/C(=O)N(C(=O)OCc4ccccc4)C(=O)C(C#N)=C2C)cc1C1(CCCCC1)O3. The van der Waals surface area contributed by atoms with E-state index >= 15 is 0 Å². The first-order valence-corrected chi connectivity index (χ1v) is 26.2. The summed E-state index contributed by atoms with van der Waals surface area (Å²) in [7, 11) is 0. The van der Waals surface area contributed by atoms with Crippen molar-refractivity contribution in [2.45, 2.75) is 102 Å². The van der Waals surface area contributed by atoms with Crippen LogP contribution in [0.1, 0.15) is 110 Å². The van der Waals surface area contributed by atoms with Crippen LogP contribution < -0.4 is 9.47 Å². The molecule has 0 N–H and O–H groups in total. The number of carbonyl (C=O) groups excluding carboxylic acids is 6. The van der Waals surface area contributed by atoms with Crippen molar-refractivity contribution in [2.75, 3.05) is 0 Å². The predicted octanol–water partition coefficient (Wildman–Crippen LogP) is 12.1. The molecule has 6 heterocycles. The van der Waals surface area contributed by atoms with Crippen LogP contribution in [0.4, 0.5) is 9.59 Å². The number of fused-ring (bicyclic) bond motifs is 8. The van der Waals surface area contributed by atoms with Crippen molar-refractivity contribution in [3.8, 4) is 44.5 Å². The Morgan fingerprint density at radius 3 is 1.32 bits per heavy atom. The molecule has 0 radical (unpaired) electrons. The topological polar surface area (TPSA) is 193 Å². The zero-order valence-electron chi connectivity index (χ0n) is 40.4. The summed E-state index contributed by atoms with van der Waals surface area (Å²) in [5, 5.41) is 20.3. The van der Waals surface area contributed by atoms with Gasteiger partial charge in [-0.1, -0.05) is 73.5 Å². The first-order chi connectivity index (χ1) is 35.8. The molecule has 4 aliphatic heterocycles. The van der Waals surface area contributed by atoms with Crippen LogP contribution in [-0.4, -0.2) is 45.6 Å². The molecule has 16 heteroatoms. The van der Waals surface area contributed by atoms with Gasteiger partial charge < -0.3 is 18.9 Å². The Morgan fingerprint density at radius 1 is 0.581 bits per heavy atom. The van der Waals surface area contributed by atoms with Gasteiger partial charge in [0.2, 0.25) is 0 Å². The van der Waals surface area contributed by atoms with Gasteiger partial charge in [-0.15, -0.1) is 22.7 Å². The average Bonchev–Trinajstić information content (AvgIpc) is 4.06. The van der Waals surface area contributed by atoms with Gasteiger partial charge in [0.05, 0.1) is 0 Å². The van der Waals surface area contributed by atoms with E-state index in [1.807, 2.05) is 48.5 Å². The third-order valence-corrected chi connectivity index (χ3v) is 17.0. The van der Waals surface area contributed by atoms with E-state index in [1.165, 1.54) is 36.5 Å². The summed E-state index contributed by atoms with van der Waals surface area (Å²) in [6.45, 7) is 2.70. The number of hydrogen-bond donors (Lipinski definition) is 0. The standard InChI is InChI=1S/C58H46N4O10S2/c1-33-39(51(63)61(53(65)43(33)29-59)55(67)69-31-35-15-7-3-8-16-35)23-37-25-45-49(73-37)41-27-48-42(28-47(41)71-57(45)19-11-5-12-20-57)50-46(58(72-48)21-13-6-14-22-58)26-38(74-50)24-40-34(2)44(30-60)54(66)62(52(40)64)56(68)70-32-36-17-9-4-10-18-36/h3-4,7-10,15-18,23-28H,5-6,11-14,19-22,31-32H2,1-2H3/b39-23+,40-24+. The Hall–Kier alpha value is -8.18. The van der Waals surface area contributed by atoms with Gasteiger partial charge >= 0.3 is 12.2 Å². The molecule has 2 fully saturated rings. The molecule has 6 aliphatic rings. The largest absolute Gasteiger partial charge is 0.482 e. The van der Waals surface area contributed by atoms with Crippen LogP contribution in [0.25, 0.3) is 33.0 Å². The van der Waals surface area contributed by atoms with E-state index in [-0.39, 0.29) is 46.7 Å². The van der Waals surface area contributed by atoms with Gasteiger partial charge in [0.25, 0.3) is 23.6 Å². The van der Waals surface area contributed by atoms with Gasteiger partial charge in [0.15, 0.2) is 0 Å². The second kappa shape index (κ2) is 19.0. The van der Waals surface area contributed by atoms with Crippen molar-refractivity contribution >= 4 is 70.6 Å². The molecule has 2 saturated carbocycles. The van der Waals surface area contributed by atoms with Crippen LogP contribution in [-0.2, 0) is 53.1 Å². The van der Waals surface area contributed by atoms with E-state index in [0.29, 0.717) is 42.2 Å². The van der Waals surface area contributed by atoms with Crippen LogP contribution in [0.2, 0.25) is 0 Å². The summed E-state index contributed by atoms with van der Waals surface area (Å²) >= 11 is 2.90. The Kier molecular flexibility index (Phi) is 12.4. The van der Waals surface area contributed by atoms with Gasteiger partial charge in [0.1, 0.15) is 59.2 Å². The highest BCUT2D eigenvalue weighted by Gasteiger charge is 2.48. The van der Waals surface area contributed by atoms with Crippen molar-refractivity contribution in [3.05, 3.63) is 150 Å². The van der Waals surface area contributed by atoms with Gasteiger partial charge in [-0.2, -0.15) is 20.3 Å². The van der Waals surface area contributed by atoms with E-state index in [1.54, 1.807) is 60.7 Å². The number of amides is 6. The minimum absolute atomic E-state index is 0.0195. The van der Waals surface area contributed by atoms with Crippen LogP contribution >= 0.6 is 22.7 Å². The summed E-state index contributed by atoms with van der Waals surface area (Å²) in [6.07, 6.45) is 9.64. The van der Waals surface area contributed by atoms with Crippen LogP contribution in [0.3, 0.4) is 0 Å². The molecular weight excluding hydrogens is 977 g/mol. The van der Waals surface area contributed by atoms with Crippen molar-refractivity contribution in [1.82, 2.24) is 9.80 Å². The number of nitrogens with zero attached hydrogens (tertiary/aromatic N) is 4. The average molecular weight is 1020 g/mol. The number of ether oxygens (including phenoxy) is 4. The normalized spacial score (nSPS) is 19.6. The number of hydrogen-bond acceptors (Lipinski definition) is 14. The fourth-order valence-electron chi connectivity index (χ4n) is 11.0. The lowest BCUT2D eigenvalue weighted by molar-refractivity contribution is -0.140. The first kappa shape index (κ1) is 48.1. The van der Waals surface area contributed by atoms with E-state index in [9.17, 15) is 39.3 Å². The third-order valence-electron chi connectivity index (χ3n) is 14.8. The summed E-state index contributed by atoms with van der Waals surface area (Å²) in [4.78, 5) is 86.2. The maximum Gasteiger partial charge on any atom is 0.424 e. The van der Waals surface area contributed by atoms with Crippen LogP contribution in [0.15, 0.2) is 118 Å². The van der Waals surface area contributed by atoms with Crippen molar-refractivity contribution in [1.29, 1.82) is 10.5 Å². The second-order valence-electron chi connectivity index (χ2n) is 19.3. The molecule has 74 heavy (non-hydrogen) atoms. The van der Waals surface area contributed by atoms with Gasteiger partial charge in [-0.3, -0.25) is 19.2 Å². The summed E-state index contributed by atoms with van der Waals surface area (Å²) in [5.41, 5.74) is 3.14. The van der Waals surface area contributed by atoms with Crippen LogP contribution in [0.5, 0.6) is 11.5 Å². The molecule has 0 bridgehead atoms. The molecule has 0 atom stereocenters. The lowest BCUT2D eigenvalue weighted by Gasteiger charge is -2.44. The molecule has 370 valence electrons. The fraction of sp³-hybridized carbons (Fsp3) is 0.276. The minimum atomic E-state index is -1.18. The van der Waals surface area contributed by atoms with E-state index in [4.69, 9.17) is 18.9 Å². The van der Waals surface area contributed by atoms with Gasteiger partial charge in [-0.25, -0.2) is 9.59 Å². The quantitative estimate of drug-likeness (QED) is 0.116. The van der Waals surface area contributed by atoms with E-state index < -0.39 is 47.0 Å². The van der Waals surface area contributed by atoms with Crippen molar-refractivity contribution < 1.29 is 47.7 Å². The highest BCUT2D eigenvalue weighted by Crippen LogP contribution is 2.60. The molecule has 5 aromatic rings. The van der Waals surface area contributed by atoms with Crippen LogP contribution in [0, 0.1) is 22.7 Å². The second-order valence-corrected chi connectivity index (χ2v) is 21.4. The van der Waals surface area contributed by atoms with Gasteiger partial charge in [-0.05, 0) is 124 Å². The molecule has 2 aliphatic carbocycles. The first-order valence-electron chi connectivity index (χ1n) is 24.5. The molecule has 14 nitrogen and oxygen atoms in total. The number of imide groups is 6. The Bertz CT molecular complexity index is 3250. The zero-order valence-corrected chi connectivity index (χ0v) is 42.0. The molecule has 2 aromatic heterocycles. The minimum Gasteiger partial charge on any atom is -0.482 e. The summed E-state index contributed by atoms with van der Waals surface area (Å²) in [5.74, 6) is -2.56. The third kappa shape index (κ3) is 8.15. The number of rotatable bonds is 6. The molecule has 11 rings (SSSR count). The monoisotopic (exact) mass is 1020 g/mol. The zero-order chi connectivity index (χ0) is 51.5. The fourth-order valence-corrected chi connectivity index (χ4v) is 13.4. The Balaban J connectivity index is 0.977. The molecule has 3 aromatic carbocycles. The number of carbonyl (C=O) groups is 6. The number of thiophene rings is 2. The smallest absolute Gasteiger partial charge is 0.424 e. The summed E-state index contributed by atoms with van der Waals surface area (Å²) in [6, 6.07) is 29.6. The maximum absolute atomic E-state index is 14.2. The van der Waals surface area contributed by atoms with Crippen molar-refractivity contribution in [2.24, 2.45) is 0 Å². The molecule has 0 unspecified atom stereocenters. The molecule has 2 spiro atoms. The molecular formula is C58H46N4O10S2.